The summed E-state index contributed by atoms with van der Waals surface area (Å²) in [6, 6.07) is 0. The summed E-state index contributed by atoms with van der Waals surface area (Å²) in [4.78, 5) is 3.79. The van der Waals surface area contributed by atoms with E-state index in [1.807, 2.05) is 6.08 Å². The van der Waals surface area contributed by atoms with Crippen LogP contribution in [0.25, 0.3) is 0 Å². The van der Waals surface area contributed by atoms with Crippen molar-refractivity contribution >= 4 is 12.1 Å². The Balaban J connectivity index is 2.83. The summed E-state index contributed by atoms with van der Waals surface area (Å²) in [5, 5.41) is 5.29. The fourth-order valence-electron chi connectivity index (χ4n) is 0.436. The van der Waals surface area contributed by atoms with Gasteiger partial charge in [-0.05, 0) is 11.1 Å². The van der Waals surface area contributed by atoms with E-state index in [4.69, 9.17) is 5.41 Å². The molecule has 2 heteroatoms. The smallest absolute Gasteiger partial charge is 0.284 e. The summed E-state index contributed by atoms with van der Waals surface area (Å²) in [5.41, 5.74) is 0.888. The molecule has 0 fully saturated rings. The summed E-state index contributed by atoms with van der Waals surface area (Å²) in [7, 11) is 0. The van der Waals surface area contributed by atoms with Gasteiger partial charge in [-0.2, -0.15) is 0 Å². The van der Waals surface area contributed by atoms with Gasteiger partial charge in [-0.3, -0.25) is 5.41 Å². The largest absolute Gasteiger partial charge is 0.314 e. The maximum absolute atomic E-state index is 5.29. The Kier molecular flexibility index (Phi) is 1.08. The van der Waals surface area contributed by atoms with Crippen LogP contribution < -0.4 is 5.41 Å². The van der Waals surface area contributed by atoms with Gasteiger partial charge in [0.1, 0.15) is 6.21 Å². The number of nitrogens with two attached hydrogens (primary N) is 1. The van der Waals surface area contributed by atoms with Gasteiger partial charge < -0.3 is 0 Å². The van der Waals surface area contributed by atoms with E-state index in [9.17, 15) is 0 Å². The molecular weight excluding hydrogens is 100 g/mol. The topological polar surface area (TPSA) is 38.0 Å². The van der Waals surface area contributed by atoms with E-state index in [-0.39, 0.29) is 0 Å². The van der Waals surface area contributed by atoms with E-state index in [1.54, 1.807) is 12.3 Å². The molecule has 0 aromatic heterocycles. The van der Waals surface area contributed by atoms with Crippen molar-refractivity contribution in [3.8, 4) is 0 Å². The minimum atomic E-state index is 0.539. The first-order chi connectivity index (χ1) is 3.79. The van der Waals surface area contributed by atoms with Gasteiger partial charge in [-0.25, -0.2) is 0 Å². The van der Waals surface area contributed by atoms with Crippen molar-refractivity contribution < 1.29 is 5.41 Å². The van der Waals surface area contributed by atoms with E-state index in [1.165, 1.54) is 0 Å². The lowest BCUT2D eigenvalue weighted by Gasteiger charge is -1.86. The molecule has 2 nitrogen and oxygen atoms in total. The molecule has 1 aliphatic rings. The van der Waals surface area contributed by atoms with Gasteiger partial charge in [-0.1, -0.05) is 6.58 Å². The number of allylic oxidation sites excluding steroid dienone is 2. The monoisotopic (exact) mass is 107 g/mol. The highest BCUT2D eigenvalue weighted by Crippen LogP contribution is 1.93. The molecule has 1 heterocycles. The van der Waals surface area contributed by atoms with Crippen LogP contribution in [0.1, 0.15) is 0 Å². The van der Waals surface area contributed by atoms with Crippen molar-refractivity contribution in [1.82, 2.24) is 0 Å². The average Bonchev–Trinajstić information content (AvgIpc) is 1.77. The third-order valence-corrected chi connectivity index (χ3v) is 0.848. The van der Waals surface area contributed by atoms with Crippen molar-refractivity contribution in [3.05, 3.63) is 24.3 Å². The predicted molar refractivity (Wildman–Crippen MR) is 33.7 cm³/mol. The zero-order valence-corrected chi connectivity index (χ0v) is 4.46. The maximum atomic E-state index is 5.29. The first kappa shape index (κ1) is 4.97. The molecule has 0 atom stereocenters. The Morgan fingerprint density at radius 1 is 1.50 bits per heavy atom. The van der Waals surface area contributed by atoms with Crippen LogP contribution >= 0.6 is 0 Å². The zero-order valence-electron chi connectivity index (χ0n) is 4.46. The Morgan fingerprint density at radius 2 is 2.25 bits per heavy atom. The van der Waals surface area contributed by atoms with Crippen LogP contribution in [0.15, 0.2) is 29.3 Å². The van der Waals surface area contributed by atoms with E-state index in [0.717, 1.165) is 5.57 Å². The summed E-state index contributed by atoms with van der Waals surface area (Å²) in [5.74, 6) is 0.539. The second kappa shape index (κ2) is 1.74. The van der Waals surface area contributed by atoms with Crippen LogP contribution in [-0.2, 0) is 0 Å². The van der Waals surface area contributed by atoms with Crippen LogP contribution in [-0.4, -0.2) is 12.1 Å². The molecule has 40 valence electrons. The number of aliphatic imine (C=N–C) groups is 1. The van der Waals surface area contributed by atoms with Gasteiger partial charge in [0.15, 0.2) is 0 Å². The Bertz CT molecular complexity index is 149. The average molecular weight is 107 g/mol. The minimum absolute atomic E-state index is 0.539. The molecule has 0 aromatic carbocycles. The molecule has 0 aliphatic carbocycles. The Morgan fingerprint density at radius 3 is 2.62 bits per heavy atom. The molecule has 0 unspecified atom stereocenters. The van der Waals surface area contributed by atoms with Gasteiger partial charge in [-0.15, -0.1) is 0 Å². The zero-order chi connectivity index (χ0) is 5.98. The summed E-state index contributed by atoms with van der Waals surface area (Å²) in [6.07, 6.45) is 5.18. The molecule has 1 rings (SSSR count). The van der Waals surface area contributed by atoms with Crippen LogP contribution in [0, 0.1) is 0 Å². The first-order valence-corrected chi connectivity index (χ1v) is 2.32. The standard InChI is InChI=1S/C6H6N2/c1-5-2-3-6(7)8-4-5/h2-4,7H,1H2/p+1. The molecule has 0 bridgehead atoms. The molecular formula is C6H7N2+. The fraction of sp³-hybridized carbons (Fsp3) is 0. The second-order valence-corrected chi connectivity index (χ2v) is 1.59. The summed E-state index contributed by atoms with van der Waals surface area (Å²) >= 11 is 0. The molecule has 2 N–H and O–H groups in total. The van der Waals surface area contributed by atoms with Crippen molar-refractivity contribution in [3.63, 3.8) is 0 Å². The number of rotatable bonds is 0. The van der Waals surface area contributed by atoms with E-state index < -0.39 is 0 Å². The lowest BCUT2D eigenvalue weighted by Crippen LogP contribution is -2.37. The van der Waals surface area contributed by atoms with Crippen LogP contribution in [0.2, 0.25) is 0 Å². The van der Waals surface area contributed by atoms with Crippen LogP contribution in [0.5, 0.6) is 0 Å². The SMILES string of the molecule is C=C1C=CC(=[NH2+])N=C1. The fourth-order valence-corrected chi connectivity index (χ4v) is 0.436. The molecule has 8 heavy (non-hydrogen) atoms. The third-order valence-electron chi connectivity index (χ3n) is 0.848. The van der Waals surface area contributed by atoms with Gasteiger partial charge >= 0.3 is 5.84 Å². The number of dihydropyridines is 1. The molecule has 0 saturated heterocycles. The first-order valence-electron chi connectivity index (χ1n) is 2.32. The quantitative estimate of drug-likeness (QED) is 0.427. The van der Waals surface area contributed by atoms with Crippen molar-refractivity contribution in [2.24, 2.45) is 4.99 Å². The van der Waals surface area contributed by atoms with Gasteiger partial charge in [0.2, 0.25) is 0 Å². The maximum Gasteiger partial charge on any atom is 0.314 e. The highest BCUT2D eigenvalue weighted by Gasteiger charge is 2.00. The summed E-state index contributed by atoms with van der Waals surface area (Å²) in [6.45, 7) is 3.64. The highest BCUT2D eigenvalue weighted by molar-refractivity contribution is 6.02. The number of amidine groups is 1. The van der Waals surface area contributed by atoms with Gasteiger partial charge in [0, 0.05) is 11.6 Å². The lowest BCUT2D eigenvalue weighted by atomic mass is 10.2. The van der Waals surface area contributed by atoms with Crippen LogP contribution in [0.4, 0.5) is 0 Å². The lowest BCUT2D eigenvalue weighted by molar-refractivity contribution is -0.113. The molecule has 1 aliphatic heterocycles. The Labute approximate surface area is 47.8 Å². The van der Waals surface area contributed by atoms with Crippen molar-refractivity contribution in [2.45, 2.75) is 0 Å². The highest BCUT2D eigenvalue weighted by atomic mass is 14.8. The molecule has 0 radical (unpaired) electrons. The third kappa shape index (κ3) is 0.904. The Hall–Kier alpha value is -1.18. The molecule has 0 amide bonds. The summed E-state index contributed by atoms with van der Waals surface area (Å²) < 4.78 is 0. The molecule has 0 spiro atoms. The number of nitrogens with zero attached hydrogens (tertiary/aromatic N) is 1. The van der Waals surface area contributed by atoms with Crippen molar-refractivity contribution in [2.75, 3.05) is 0 Å². The molecule has 0 aromatic rings. The van der Waals surface area contributed by atoms with Crippen LogP contribution in [0.3, 0.4) is 0 Å². The number of hydrogen-bond acceptors (Lipinski definition) is 0. The molecule has 0 saturated carbocycles. The van der Waals surface area contributed by atoms with E-state index in [0.29, 0.717) is 5.84 Å². The number of hydrogen-bond donors (Lipinski definition) is 1. The van der Waals surface area contributed by atoms with Crippen molar-refractivity contribution in [1.29, 1.82) is 0 Å². The van der Waals surface area contributed by atoms with E-state index in [2.05, 4.69) is 11.6 Å². The predicted octanol–water partition coefficient (Wildman–Crippen LogP) is -0.659. The van der Waals surface area contributed by atoms with Gasteiger partial charge in [0.05, 0.1) is 0 Å². The normalized spacial score (nSPS) is 17.5. The minimum Gasteiger partial charge on any atom is -0.284 e. The van der Waals surface area contributed by atoms with Gasteiger partial charge in [0.25, 0.3) is 0 Å². The second-order valence-electron chi connectivity index (χ2n) is 1.59. The van der Waals surface area contributed by atoms with E-state index >= 15 is 0 Å².